The molecule has 4 nitrogen and oxygen atoms in total. The highest BCUT2D eigenvalue weighted by atomic mass is 16.1. The second-order valence-corrected chi connectivity index (χ2v) is 2.99. The van der Waals surface area contributed by atoms with Crippen LogP contribution in [0.15, 0.2) is 29.8 Å². The molecule has 0 aliphatic heterocycles. The first-order valence-corrected chi connectivity index (χ1v) is 4.55. The molecule has 1 N–H and O–H groups in total. The molecule has 16 heavy (non-hydrogen) atoms. The predicted octanol–water partition coefficient (Wildman–Crippen LogP) is 1.21. The van der Waals surface area contributed by atoms with Gasteiger partial charge in [0, 0.05) is 7.05 Å². The lowest BCUT2D eigenvalue weighted by Gasteiger charge is -1.97. The summed E-state index contributed by atoms with van der Waals surface area (Å²) in [5.74, 6) is -0.440. The van der Waals surface area contributed by atoms with E-state index in [1.807, 2.05) is 6.07 Å². The number of carbonyl (C=O) groups excluding carboxylic acids is 1. The van der Waals surface area contributed by atoms with Crippen LogP contribution in [0.2, 0.25) is 0 Å². The molecule has 0 unspecified atom stereocenters. The van der Waals surface area contributed by atoms with Gasteiger partial charge in [-0.3, -0.25) is 4.79 Å². The van der Waals surface area contributed by atoms with Gasteiger partial charge < -0.3 is 5.32 Å². The summed E-state index contributed by atoms with van der Waals surface area (Å²) in [5, 5.41) is 19.8. The van der Waals surface area contributed by atoms with E-state index in [0.717, 1.165) is 0 Å². The molecule has 0 atom stereocenters. The van der Waals surface area contributed by atoms with Crippen molar-refractivity contribution >= 4 is 12.0 Å². The third-order valence-electron chi connectivity index (χ3n) is 1.92. The van der Waals surface area contributed by atoms with Gasteiger partial charge in [0.1, 0.15) is 11.6 Å². The topological polar surface area (TPSA) is 76.7 Å². The number of likely N-dealkylation sites (N-methyl/N-ethyl adjacent to an activating group) is 1. The van der Waals surface area contributed by atoms with Gasteiger partial charge in [-0.25, -0.2) is 0 Å². The van der Waals surface area contributed by atoms with Crippen LogP contribution in [0.1, 0.15) is 11.1 Å². The Bertz CT molecular complexity index is 518. The Morgan fingerprint density at radius 3 is 2.75 bits per heavy atom. The number of benzene rings is 1. The van der Waals surface area contributed by atoms with Crippen molar-refractivity contribution in [1.29, 1.82) is 10.5 Å². The largest absolute Gasteiger partial charge is 0.354 e. The lowest BCUT2D eigenvalue weighted by Crippen LogP contribution is -2.19. The van der Waals surface area contributed by atoms with Gasteiger partial charge >= 0.3 is 0 Å². The fraction of sp³-hybridized carbons (Fsp3) is 0.0833. The Labute approximate surface area is 93.4 Å². The Hall–Kier alpha value is -2.59. The van der Waals surface area contributed by atoms with Crippen molar-refractivity contribution in [1.82, 2.24) is 5.32 Å². The summed E-state index contributed by atoms with van der Waals surface area (Å²) >= 11 is 0. The molecule has 0 aliphatic rings. The number of nitriles is 2. The molecule has 1 amide bonds. The zero-order valence-electron chi connectivity index (χ0n) is 8.69. The Kier molecular flexibility index (Phi) is 3.83. The molecule has 1 aromatic rings. The summed E-state index contributed by atoms with van der Waals surface area (Å²) in [5.41, 5.74) is 1.15. The van der Waals surface area contributed by atoms with Crippen LogP contribution in [0.5, 0.6) is 0 Å². The number of hydrogen-bond donors (Lipinski definition) is 1. The summed E-state index contributed by atoms with van der Waals surface area (Å²) in [4.78, 5) is 11.2. The summed E-state index contributed by atoms with van der Waals surface area (Å²) in [7, 11) is 1.46. The van der Waals surface area contributed by atoms with Gasteiger partial charge in [0.05, 0.1) is 11.6 Å². The second-order valence-electron chi connectivity index (χ2n) is 2.99. The molecule has 0 fully saturated rings. The zero-order valence-corrected chi connectivity index (χ0v) is 8.69. The smallest absolute Gasteiger partial charge is 0.261 e. The quantitative estimate of drug-likeness (QED) is 0.590. The Morgan fingerprint density at radius 2 is 2.19 bits per heavy atom. The van der Waals surface area contributed by atoms with Crippen molar-refractivity contribution in [3.63, 3.8) is 0 Å². The average molecular weight is 211 g/mol. The molecule has 0 aromatic heterocycles. The Balaban J connectivity index is 3.11. The van der Waals surface area contributed by atoms with Crippen LogP contribution in [-0.2, 0) is 4.79 Å². The lowest BCUT2D eigenvalue weighted by molar-refractivity contribution is -0.116. The third-order valence-corrected chi connectivity index (χ3v) is 1.92. The first kappa shape index (κ1) is 11.5. The summed E-state index contributed by atoms with van der Waals surface area (Å²) in [6, 6.07) is 10.5. The van der Waals surface area contributed by atoms with E-state index in [1.165, 1.54) is 13.1 Å². The molecule has 0 bridgehead atoms. The molecule has 78 valence electrons. The average Bonchev–Trinajstić information content (AvgIpc) is 2.35. The SMILES string of the molecule is CNC(=O)/C(C#N)=C\c1cccc(C#N)c1. The minimum absolute atomic E-state index is 0.0117. The first-order valence-electron chi connectivity index (χ1n) is 4.55. The van der Waals surface area contributed by atoms with Crippen LogP contribution < -0.4 is 5.32 Å². The van der Waals surface area contributed by atoms with Crippen LogP contribution in [0.4, 0.5) is 0 Å². The maximum Gasteiger partial charge on any atom is 0.261 e. The molecule has 0 saturated heterocycles. The van der Waals surface area contributed by atoms with Crippen molar-refractivity contribution in [3.05, 3.63) is 41.0 Å². The predicted molar refractivity (Wildman–Crippen MR) is 58.8 cm³/mol. The number of rotatable bonds is 2. The standard InChI is InChI=1S/C12H9N3O/c1-15-12(16)11(8-14)6-9-3-2-4-10(5-9)7-13/h2-6H,1H3,(H,15,16)/b11-6-. The van der Waals surface area contributed by atoms with Crippen molar-refractivity contribution in [2.24, 2.45) is 0 Å². The second kappa shape index (κ2) is 5.33. The third kappa shape index (κ3) is 2.70. The van der Waals surface area contributed by atoms with E-state index in [2.05, 4.69) is 5.32 Å². The lowest BCUT2D eigenvalue weighted by atomic mass is 10.1. The molecule has 4 heteroatoms. The fourth-order valence-corrected chi connectivity index (χ4v) is 1.15. The minimum Gasteiger partial charge on any atom is -0.354 e. The first-order chi connectivity index (χ1) is 7.71. The van der Waals surface area contributed by atoms with E-state index in [4.69, 9.17) is 10.5 Å². The van der Waals surface area contributed by atoms with Crippen LogP contribution in [0.25, 0.3) is 6.08 Å². The molecule has 0 radical (unpaired) electrons. The fourth-order valence-electron chi connectivity index (χ4n) is 1.15. The number of hydrogen-bond acceptors (Lipinski definition) is 3. The molecule has 0 spiro atoms. The molecule has 1 rings (SSSR count). The van der Waals surface area contributed by atoms with Crippen LogP contribution in [-0.4, -0.2) is 13.0 Å². The Morgan fingerprint density at radius 1 is 1.44 bits per heavy atom. The zero-order chi connectivity index (χ0) is 12.0. The van der Waals surface area contributed by atoms with Crippen LogP contribution in [0.3, 0.4) is 0 Å². The molecular formula is C12H9N3O. The van der Waals surface area contributed by atoms with E-state index < -0.39 is 5.91 Å². The molecular weight excluding hydrogens is 202 g/mol. The van der Waals surface area contributed by atoms with Gasteiger partial charge in [-0.2, -0.15) is 10.5 Å². The number of nitrogens with one attached hydrogen (secondary N) is 1. The van der Waals surface area contributed by atoms with Crippen LogP contribution >= 0.6 is 0 Å². The monoisotopic (exact) mass is 211 g/mol. The van der Waals surface area contributed by atoms with Gasteiger partial charge in [0.25, 0.3) is 5.91 Å². The van der Waals surface area contributed by atoms with E-state index in [1.54, 1.807) is 30.3 Å². The van der Waals surface area contributed by atoms with Crippen molar-refractivity contribution in [2.75, 3.05) is 7.05 Å². The summed E-state index contributed by atoms with van der Waals surface area (Å²) in [6.45, 7) is 0. The normalized spacial score (nSPS) is 10.1. The van der Waals surface area contributed by atoms with E-state index in [0.29, 0.717) is 11.1 Å². The molecule has 0 saturated carbocycles. The number of amides is 1. The van der Waals surface area contributed by atoms with Gasteiger partial charge in [-0.15, -0.1) is 0 Å². The van der Waals surface area contributed by atoms with Crippen molar-refractivity contribution < 1.29 is 4.79 Å². The summed E-state index contributed by atoms with van der Waals surface area (Å²) < 4.78 is 0. The highest BCUT2D eigenvalue weighted by Gasteiger charge is 2.05. The minimum atomic E-state index is -0.440. The molecule has 0 aliphatic carbocycles. The van der Waals surface area contributed by atoms with Gasteiger partial charge in [0.15, 0.2) is 0 Å². The highest BCUT2D eigenvalue weighted by Crippen LogP contribution is 2.09. The van der Waals surface area contributed by atoms with Crippen LogP contribution in [0, 0.1) is 22.7 Å². The highest BCUT2D eigenvalue weighted by molar-refractivity contribution is 6.01. The van der Waals surface area contributed by atoms with Crippen molar-refractivity contribution in [2.45, 2.75) is 0 Å². The number of nitrogens with zero attached hydrogens (tertiary/aromatic N) is 2. The van der Waals surface area contributed by atoms with Gasteiger partial charge in [-0.05, 0) is 23.8 Å². The maximum absolute atomic E-state index is 11.2. The van der Waals surface area contributed by atoms with Gasteiger partial charge in [0.2, 0.25) is 0 Å². The van der Waals surface area contributed by atoms with E-state index >= 15 is 0 Å². The summed E-state index contributed by atoms with van der Waals surface area (Å²) in [6.07, 6.45) is 1.44. The van der Waals surface area contributed by atoms with E-state index in [9.17, 15) is 4.79 Å². The number of carbonyl (C=O) groups is 1. The van der Waals surface area contributed by atoms with Gasteiger partial charge in [-0.1, -0.05) is 12.1 Å². The molecule has 1 aromatic carbocycles. The maximum atomic E-state index is 11.2. The van der Waals surface area contributed by atoms with Crippen molar-refractivity contribution in [3.8, 4) is 12.1 Å². The van der Waals surface area contributed by atoms with E-state index in [-0.39, 0.29) is 5.57 Å². The molecule has 0 heterocycles.